The molecule has 4 aromatic rings. The van der Waals surface area contributed by atoms with Gasteiger partial charge in [-0.15, -0.1) is 0 Å². The van der Waals surface area contributed by atoms with E-state index in [2.05, 4.69) is 61.3 Å². The molecule has 4 aromatic carbocycles. The fraction of sp³-hybridized carbons (Fsp3) is 0.435. The van der Waals surface area contributed by atoms with Crippen LogP contribution in [0, 0.1) is 0 Å². The van der Waals surface area contributed by atoms with E-state index in [1.165, 1.54) is 43.6 Å². The summed E-state index contributed by atoms with van der Waals surface area (Å²) in [5.74, 6) is 3.38. The van der Waals surface area contributed by atoms with Crippen LogP contribution in [-0.2, 0) is 22.4 Å². The number of halogens is 1. The molecule has 6 rings (SSSR count). The molecule has 0 aromatic heterocycles. The number of rotatable bonds is 11. The molecule has 1 N–H and O–H groups in total. The van der Waals surface area contributed by atoms with E-state index in [0.29, 0.717) is 24.7 Å². The summed E-state index contributed by atoms with van der Waals surface area (Å²) >= 11 is 5.17. The third kappa shape index (κ3) is 15.7. The van der Waals surface area contributed by atoms with Crippen molar-refractivity contribution >= 4 is 22.8 Å². The van der Waals surface area contributed by atoms with Crippen molar-refractivity contribution in [3.63, 3.8) is 0 Å². The molecule has 54 heavy (non-hydrogen) atoms. The zero-order valence-corrected chi connectivity index (χ0v) is 33.9. The first-order chi connectivity index (χ1) is 26.3. The van der Waals surface area contributed by atoms with Crippen molar-refractivity contribution < 1.29 is 19.1 Å². The van der Waals surface area contributed by atoms with E-state index in [4.69, 9.17) is 21.1 Å². The van der Waals surface area contributed by atoms with Crippen LogP contribution >= 0.6 is 11.6 Å². The fourth-order valence-corrected chi connectivity index (χ4v) is 7.04. The van der Waals surface area contributed by atoms with Gasteiger partial charge in [-0.1, -0.05) is 118 Å². The molecule has 0 unspecified atom stereocenters. The Morgan fingerprint density at radius 1 is 0.630 bits per heavy atom. The normalized spacial score (nSPS) is 14.3. The highest BCUT2D eigenvalue weighted by molar-refractivity contribution is 6.63. The lowest BCUT2D eigenvalue weighted by molar-refractivity contribution is -0.131. The van der Waals surface area contributed by atoms with Crippen molar-refractivity contribution in [2.24, 2.45) is 0 Å². The molecule has 0 atom stereocenters. The van der Waals surface area contributed by atoms with E-state index < -0.39 is 0 Å². The van der Waals surface area contributed by atoms with Gasteiger partial charge in [0, 0.05) is 19.5 Å². The Morgan fingerprint density at radius 2 is 1.04 bits per heavy atom. The summed E-state index contributed by atoms with van der Waals surface area (Å²) in [5, 5.41) is 3.07. The van der Waals surface area contributed by atoms with E-state index in [1.54, 1.807) is 14.2 Å². The number of methoxy groups -OCH3 is 2. The van der Waals surface area contributed by atoms with E-state index in [-0.39, 0.29) is 11.1 Å². The van der Waals surface area contributed by atoms with Crippen LogP contribution in [0.25, 0.3) is 0 Å². The Balaban J connectivity index is 0.000000215. The summed E-state index contributed by atoms with van der Waals surface area (Å²) in [6, 6.07) is 36.0. The predicted molar refractivity (Wildman–Crippen MR) is 224 cm³/mol. The number of para-hydroxylation sites is 2. The van der Waals surface area contributed by atoms with Crippen LogP contribution in [0.15, 0.2) is 109 Å². The smallest absolute Gasteiger partial charge is 0.226 e. The quantitative estimate of drug-likeness (QED) is 0.154. The Labute approximate surface area is 330 Å². The van der Waals surface area contributed by atoms with Gasteiger partial charge in [0.15, 0.2) is 0 Å². The summed E-state index contributed by atoms with van der Waals surface area (Å²) in [5.41, 5.74) is 4.69. The van der Waals surface area contributed by atoms with Gasteiger partial charge in [-0.05, 0) is 116 Å². The maximum Gasteiger partial charge on any atom is 0.226 e. The molecule has 7 nitrogen and oxygen atoms in total. The fourth-order valence-electron chi connectivity index (χ4n) is 6.89. The number of nitrogens with one attached hydrogen (secondary N) is 1. The van der Waals surface area contributed by atoms with E-state index in [1.807, 2.05) is 83.8 Å². The first kappa shape index (κ1) is 44.2. The highest BCUT2D eigenvalue weighted by atomic mass is 35.5. The van der Waals surface area contributed by atoms with E-state index >= 15 is 0 Å². The standard InChI is InChI=1S/C20H23NO2.C12H17NO.C8H7ClO.C6H15N/c1-23-19-10-6-5-9-18(19)17-11-13-21(14-12-17)20(22)15-16-7-3-2-4-8-16;1-14-12-5-3-2-4-11(12)10-6-8-13-9-7-10;9-8(10)6-7-4-2-1-3-5-7;1-4-7(5-2)6-3/h2-10,17H,11-15H2,1H3;2-5,10,13H,6-9H2,1H3;1-5H,6H2;4-6H2,1-3H3. The molecule has 2 aliphatic rings. The van der Waals surface area contributed by atoms with Crippen LogP contribution in [0.3, 0.4) is 0 Å². The molecular formula is C46H62ClN3O4. The average Bonchev–Trinajstić information content (AvgIpc) is 3.23. The van der Waals surface area contributed by atoms with Gasteiger partial charge in [0.25, 0.3) is 0 Å². The third-order valence-corrected chi connectivity index (χ3v) is 10.2. The van der Waals surface area contributed by atoms with Crippen molar-refractivity contribution in [2.45, 2.75) is 71.1 Å². The summed E-state index contributed by atoms with van der Waals surface area (Å²) in [6.07, 6.45) is 5.27. The maximum absolute atomic E-state index is 12.4. The van der Waals surface area contributed by atoms with Crippen LogP contribution < -0.4 is 14.8 Å². The zero-order valence-electron chi connectivity index (χ0n) is 33.1. The lowest BCUT2D eigenvalue weighted by Crippen LogP contribution is -2.38. The summed E-state index contributed by atoms with van der Waals surface area (Å²) < 4.78 is 10.8. The Hall–Kier alpha value is -4.17. The number of likely N-dealkylation sites (tertiary alicyclic amines) is 1. The van der Waals surface area contributed by atoms with Crippen LogP contribution in [0.4, 0.5) is 0 Å². The SMILES string of the molecule is CCN(CC)CC.COc1ccccc1C1CCN(C(=O)Cc2ccccc2)CC1.COc1ccccc1C1CCNCC1.O=C(Cl)Cc1ccccc1. The number of nitrogens with zero attached hydrogens (tertiary/aromatic N) is 2. The minimum atomic E-state index is -0.314. The third-order valence-electron chi connectivity index (χ3n) is 10.1. The van der Waals surface area contributed by atoms with Crippen molar-refractivity contribution in [1.29, 1.82) is 0 Å². The first-order valence-corrected chi connectivity index (χ1v) is 19.9. The summed E-state index contributed by atoms with van der Waals surface area (Å²) in [4.78, 5) is 27.2. The second-order valence-electron chi connectivity index (χ2n) is 13.5. The number of carbonyl (C=O) groups is 2. The topological polar surface area (TPSA) is 71.1 Å². The molecule has 2 aliphatic heterocycles. The molecule has 2 saturated heterocycles. The average molecular weight is 756 g/mol. The van der Waals surface area contributed by atoms with Gasteiger partial charge in [0.2, 0.25) is 11.1 Å². The molecule has 0 bridgehead atoms. The van der Waals surface area contributed by atoms with Gasteiger partial charge < -0.3 is 24.6 Å². The number of piperidine rings is 2. The van der Waals surface area contributed by atoms with Gasteiger partial charge >= 0.3 is 0 Å². The lowest BCUT2D eigenvalue weighted by Gasteiger charge is -2.33. The Bertz CT molecular complexity index is 1600. The highest BCUT2D eigenvalue weighted by Crippen LogP contribution is 2.34. The Morgan fingerprint density at radius 3 is 1.44 bits per heavy atom. The van der Waals surface area contributed by atoms with E-state index in [9.17, 15) is 9.59 Å². The van der Waals surface area contributed by atoms with Crippen LogP contribution in [0.2, 0.25) is 0 Å². The van der Waals surface area contributed by atoms with Crippen LogP contribution in [0.5, 0.6) is 11.5 Å². The zero-order chi connectivity index (χ0) is 39.0. The van der Waals surface area contributed by atoms with Crippen molar-refractivity contribution in [3.05, 3.63) is 131 Å². The number of ether oxygens (including phenoxy) is 2. The molecule has 0 saturated carbocycles. The summed E-state index contributed by atoms with van der Waals surface area (Å²) in [6.45, 7) is 14.0. The molecule has 0 aliphatic carbocycles. The molecular weight excluding hydrogens is 694 g/mol. The van der Waals surface area contributed by atoms with Crippen LogP contribution in [0.1, 0.15) is 80.5 Å². The number of hydrogen-bond donors (Lipinski definition) is 1. The summed E-state index contributed by atoms with van der Waals surface area (Å²) in [7, 11) is 3.47. The van der Waals surface area contributed by atoms with Gasteiger partial charge in [0.1, 0.15) is 11.5 Å². The van der Waals surface area contributed by atoms with Crippen molar-refractivity contribution in [1.82, 2.24) is 15.1 Å². The maximum atomic E-state index is 12.4. The highest BCUT2D eigenvalue weighted by Gasteiger charge is 2.25. The molecule has 2 heterocycles. The number of benzene rings is 4. The molecule has 292 valence electrons. The number of amides is 1. The predicted octanol–water partition coefficient (Wildman–Crippen LogP) is 9.15. The molecule has 2 fully saturated rings. The minimum absolute atomic E-state index is 0.231. The molecule has 0 spiro atoms. The molecule has 8 heteroatoms. The van der Waals surface area contributed by atoms with Gasteiger partial charge in [-0.25, -0.2) is 0 Å². The van der Waals surface area contributed by atoms with Gasteiger partial charge in [-0.2, -0.15) is 0 Å². The first-order valence-electron chi connectivity index (χ1n) is 19.6. The molecule has 1 amide bonds. The van der Waals surface area contributed by atoms with Gasteiger partial charge in [-0.3, -0.25) is 9.59 Å². The van der Waals surface area contributed by atoms with E-state index in [0.717, 1.165) is 61.6 Å². The second-order valence-corrected chi connectivity index (χ2v) is 13.9. The molecule has 0 radical (unpaired) electrons. The monoisotopic (exact) mass is 755 g/mol. The number of carbonyl (C=O) groups excluding carboxylic acids is 2. The number of hydrogen-bond acceptors (Lipinski definition) is 6. The van der Waals surface area contributed by atoms with Crippen LogP contribution in [-0.4, -0.2) is 81.0 Å². The van der Waals surface area contributed by atoms with Crippen molar-refractivity contribution in [2.75, 3.05) is 60.0 Å². The largest absolute Gasteiger partial charge is 0.496 e. The lowest BCUT2D eigenvalue weighted by atomic mass is 9.88. The van der Waals surface area contributed by atoms with Gasteiger partial charge in [0.05, 0.1) is 20.6 Å². The second kappa shape index (κ2) is 25.8. The van der Waals surface area contributed by atoms with Crippen molar-refractivity contribution in [3.8, 4) is 11.5 Å². The Kier molecular flexibility index (Phi) is 21.1. The minimum Gasteiger partial charge on any atom is -0.496 e.